The molecule has 1 heterocycles. The van der Waals surface area contributed by atoms with Gasteiger partial charge in [0.05, 0.1) is 0 Å². The number of aryl methyl sites for hydroxylation is 1. The molecule has 1 aromatic heterocycles. The second-order valence-corrected chi connectivity index (χ2v) is 5.00. The van der Waals surface area contributed by atoms with Crippen LogP contribution in [0.15, 0.2) is 15.4 Å². The summed E-state index contributed by atoms with van der Waals surface area (Å²) in [4.78, 5) is -0.661. The van der Waals surface area contributed by atoms with Crippen LogP contribution in [0.4, 0.5) is 13.2 Å². The molecule has 0 saturated carbocycles. The summed E-state index contributed by atoms with van der Waals surface area (Å²) >= 11 is 0. The SMILES string of the molecule is Cc1oc(C(F)(F)F)cc1S(=O)(=O)Cl. The summed E-state index contributed by atoms with van der Waals surface area (Å²) in [6.07, 6.45) is -4.72. The first-order chi connectivity index (χ1) is 6.12. The number of rotatable bonds is 1. The molecule has 14 heavy (non-hydrogen) atoms. The maximum absolute atomic E-state index is 12.0. The van der Waals surface area contributed by atoms with Gasteiger partial charge in [0.2, 0.25) is 5.76 Å². The third kappa shape index (κ3) is 2.21. The van der Waals surface area contributed by atoms with Crippen molar-refractivity contribution in [3.63, 3.8) is 0 Å². The van der Waals surface area contributed by atoms with E-state index in [0.29, 0.717) is 6.07 Å². The molecule has 1 rings (SSSR count). The topological polar surface area (TPSA) is 47.3 Å². The molecule has 0 N–H and O–H groups in total. The lowest BCUT2D eigenvalue weighted by Crippen LogP contribution is -2.02. The molecule has 1 aromatic rings. The summed E-state index contributed by atoms with van der Waals surface area (Å²) in [6.45, 7) is 1.09. The van der Waals surface area contributed by atoms with Crippen molar-refractivity contribution in [3.8, 4) is 0 Å². The molecule has 0 amide bonds. The third-order valence-corrected chi connectivity index (χ3v) is 2.84. The van der Waals surface area contributed by atoms with E-state index in [-0.39, 0.29) is 5.76 Å². The highest BCUT2D eigenvalue weighted by atomic mass is 35.7. The third-order valence-electron chi connectivity index (χ3n) is 1.41. The molecule has 0 spiro atoms. The Morgan fingerprint density at radius 2 is 1.93 bits per heavy atom. The quantitative estimate of drug-likeness (QED) is 0.718. The van der Waals surface area contributed by atoms with Crippen molar-refractivity contribution in [2.24, 2.45) is 0 Å². The first kappa shape index (κ1) is 11.4. The molecule has 80 valence electrons. The lowest BCUT2D eigenvalue weighted by Gasteiger charge is -1.99. The van der Waals surface area contributed by atoms with E-state index in [9.17, 15) is 21.6 Å². The van der Waals surface area contributed by atoms with Gasteiger partial charge in [-0.15, -0.1) is 0 Å². The lowest BCUT2D eigenvalue weighted by molar-refractivity contribution is -0.153. The minimum absolute atomic E-state index is 0.359. The van der Waals surface area contributed by atoms with E-state index in [0.717, 1.165) is 6.92 Å². The predicted octanol–water partition coefficient (Wildman–Crippen LogP) is 2.53. The van der Waals surface area contributed by atoms with Gasteiger partial charge in [0, 0.05) is 16.7 Å². The fraction of sp³-hybridized carbons (Fsp3) is 0.333. The number of hydrogen-bond acceptors (Lipinski definition) is 3. The average molecular weight is 249 g/mol. The maximum Gasteiger partial charge on any atom is 0.449 e. The molecule has 0 aromatic carbocycles. The van der Waals surface area contributed by atoms with Crippen molar-refractivity contribution >= 4 is 19.7 Å². The van der Waals surface area contributed by atoms with Crippen LogP contribution in [0.3, 0.4) is 0 Å². The number of alkyl halides is 3. The summed E-state index contributed by atoms with van der Waals surface area (Å²) in [5.41, 5.74) is 0. The van der Waals surface area contributed by atoms with Crippen molar-refractivity contribution in [2.45, 2.75) is 18.0 Å². The Bertz CT molecular complexity index is 445. The Morgan fingerprint density at radius 1 is 1.43 bits per heavy atom. The Labute approximate surface area is 81.9 Å². The van der Waals surface area contributed by atoms with Crippen LogP contribution >= 0.6 is 10.7 Å². The van der Waals surface area contributed by atoms with Crippen LogP contribution in [-0.4, -0.2) is 8.42 Å². The van der Waals surface area contributed by atoms with Crippen molar-refractivity contribution in [1.82, 2.24) is 0 Å². The normalized spacial score (nSPS) is 13.2. The van der Waals surface area contributed by atoms with Gasteiger partial charge in [-0.3, -0.25) is 0 Å². The first-order valence-electron chi connectivity index (χ1n) is 3.24. The molecular weight excluding hydrogens is 245 g/mol. The predicted molar refractivity (Wildman–Crippen MR) is 41.5 cm³/mol. The van der Waals surface area contributed by atoms with Crippen LogP contribution in [0.25, 0.3) is 0 Å². The Hall–Kier alpha value is -0.690. The van der Waals surface area contributed by atoms with Crippen LogP contribution in [-0.2, 0) is 15.2 Å². The van der Waals surface area contributed by atoms with E-state index in [1.54, 1.807) is 0 Å². The zero-order valence-corrected chi connectivity index (χ0v) is 8.29. The Balaban J connectivity index is 3.33. The second kappa shape index (κ2) is 3.16. The van der Waals surface area contributed by atoms with Gasteiger partial charge >= 0.3 is 6.18 Å². The van der Waals surface area contributed by atoms with E-state index >= 15 is 0 Å². The molecule has 0 radical (unpaired) electrons. The highest BCUT2D eigenvalue weighted by Gasteiger charge is 2.37. The molecule has 0 fully saturated rings. The molecule has 0 bridgehead atoms. The minimum Gasteiger partial charge on any atom is -0.455 e. The molecule has 0 saturated heterocycles. The highest BCUT2D eigenvalue weighted by molar-refractivity contribution is 8.13. The van der Waals surface area contributed by atoms with E-state index < -0.39 is 25.9 Å². The van der Waals surface area contributed by atoms with Crippen LogP contribution in [0.5, 0.6) is 0 Å². The van der Waals surface area contributed by atoms with Gasteiger partial charge in [0.15, 0.2) is 0 Å². The van der Waals surface area contributed by atoms with Gasteiger partial charge in [0.1, 0.15) is 10.7 Å². The van der Waals surface area contributed by atoms with E-state index in [1.165, 1.54) is 0 Å². The highest BCUT2D eigenvalue weighted by Crippen LogP contribution is 2.34. The molecule has 0 aliphatic carbocycles. The molecule has 3 nitrogen and oxygen atoms in total. The summed E-state index contributed by atoms with van der Waals surface area (Å²) in [5, 5.41) is 0. The van der Waals surface area contributed by atoms with Crippen molar-refractivity contribution in [2.75, 3.05) is 0 Å². The summed E-state index contributed by atoms with van der Waals surface area (Å²) in [7, 11) is 0.678. The van der Waals surface area contributed by atoms with Gasteiger partial charge in [-0.2, -0.15) is 13.2 Å². The van der Waals surface area contributed by atoms with Crippen molar-refractivity contribution in [1.29, 1.82) is 0 Å². The van der Waals surface area contributed by atoms with Crippen LogP contribution in [0.1, 0.15) is 11.5 Å². The monoisotopic (exact) mass is 248 g/mol. The number of halogens is 4. The zero-order valence-electron chi connectivity index (χ0n) is 6.72. The Kier molecular flexibility index (Phi) is 2.57. The van der Waals surface area contributed by atoms with E-state index in [4.69, 9.17) is 10.7 Å². The zero-order chi connectivity index (χ0) is 11.1. The standard InChI is InChI=1S/C6H4ClF3O3S/c1-3-4(14(7,11)12)2-5(13-3)6(8,9)10/h2H,1H3. The van der Waals surface area contributed by atoms with Gasteiger partial charge in [0.25, 0.3) is 9.05 Å². The Morgan fingerprint density at radius 3 is 2.14 bits per heavy atom. The lowest BCUT2D eigenvalue weighted by atomic mass is 10.4. The molecule has 0 unspecified atom stereocenters. The van der Waals surface area contributed by atoms with Crippen LogP contribution < -0.4 is 0 Å². The fourth-order valence-electron chi connectivity index (χ4n) is 0.847. The van der Waals surface area contributed by atoms with Gasteiger partial charge in [-0.25, -0.2) is 8.42 Å². The first-order valence-corrected chi connectivity index (χ1v) is 5.55. The summed E-state index contributed by atoms with van der Waals surface area (Å²) in [5.74, 6) is -1.76. The fourth-order valence-corrected chi connectivity index (χ4v) is 1.94. The van der Waals surface area contributed by atoms with Crippen molar-refractivity contribution in [3.05, 3.63) is 17.6 Å². The van der Waals surface area contributed by atoms with Crippen LogP contribution in [0.2, 0.25) is 0 Å². The molecule has 8 heteroatoms. The van der Waals surface area contributed by atoms with Crippen molar-refractivity contribution < 1.29 is 26.0 Å². The maximum atomic E-state index is 12.0. The van der Waals surface area contributed by atoms with Gasteiger partial charge in [-0.1, -0.05) is 0 Å². The molecular formula is C6H4ClF3O3S. The molecule has 0 aliphatic rings. The van der Waals surface area contributed by atoms with E-state index in [2.05, 4.69) is 4.42 Å². The number of hydrogen-bond donors (Lipinski definition) is 0. The van der Waals surface area contributed by atoms with E-state index in [1.807, 2.05) is 0 Å². The summed E-state index contributed by atoms with van der Waals surface area (Å²) < 4.78 is 61.8. The number of furan rings is 1. The molecule has 0 aliphatic heterocycles. The van der Waals surface area contributed by atoms with Crippen LogP contribution in [0, 0.1) is 6.92 Å². The van der Waals surface area contributed by atoms with Gasteiger partial charge in [-0.05, 0) is 6.92 Å². The smallest absolute Gasteiger partial charge is 0.449 e. The van der Waals surface area contributed by atoms with Gasteiger partial charge < -0.3 is 4.42 Å². The minimum atomic E-state index is -4.72. The largest absolute Gasteiger partial charge is 0.455 e. The second-order valence-electron chi connectivity index (χ2n) is 2.47. The summed E-state index contributed by atoms with van der Waals surface area (Å²) in [6, 6.07) is 0.359. The molecule has 0 atom stereocenters. The average Bonchev–Trinajstić information content (AvgIpc) is 2.27.